The van der Waals surface area contributed by atoms with E-state index >= 15 is 0 Å². The lowest BCUT2D eigenvalue weighted by Gasteiger charge is -2.42. The molecule has 3 atom stereocenters. The maximum absolute atomic E-state index is 4.22. The maximum Gasteiger partial charge on any atom is -0.0146 e. The molecule has 0 N–H and O–H groups in total. The highest BCUT2D eigenvalue weighted by atomic mass is 14.5. The van der Waals surface area contributed by atoms with Crippen LogP contribution < -0.4 is 0 Å². The van der Waals surface area contributed by atoms with E-state index in [2.05, 4.69) is 33.4 Å². The minimum atomic E-state index is 0.575. The Labute approximate surface area is 94.5 Å². The Bertz CT molecular complexity index is 297. The van der Waals surface area contributed by atoms with Crippen molar-refractivity contribution in [1.82, 2.24) is 0 Å². The Kier molecular flexibility index (Phi) is 2.79. The van der Waals surface area contributed by atoms with Crippen molar-refractivity contribution in [2.45, 2.75) is 52.9 Å². The first-order valence-corrected chi connectivity index (χ1v) is 6.37. The zero-order chi connectivity index (χ0) is 11.1. The van der Waals surface area contributed by atoms with Gasteiger partial charge in [-0.05, 0) is 63.2 Å². The first-order chi connectivity index (χ1) is 7.06. The second-order valence-corrected chi connectivity index (χ2v) is 5.87. The molecule has 0 heterocycles. The Morgan fingerprint density at radius 2 is 2.20 bits per heavy atom. The molecular weight excluding hydrogens is 180 g/mol. The summed E-state index contributed by atoms with van der Waals surface area (Å²) in [5.74, 6) is 1.68. The SMILES string of the molecule is C=C(C)[C@@H]1CC[C@@H](C)[C@@]12CC=C(C)CC2. The van der Waals surface area contributed by atoms with Gasteiger partial charge in [-0.3, -0.25) is 0 Å². The summed E-state index contributed by atoms with van der Waals surface area (Å²) in [5.41, 5.74) is 3.60. The van der Waals surface area contributed by atoms with Gasteiger partial charge in [0, 0.05) is 0 Å². The van der Waals surface area contributed by atoms with Crippen LogP contribution in [0.25, 0.3) is 0 Å². The fourth-order valence-corrected chi connectivity index (χ4v) is 3.83. The predicted octanol–water partition coefficient (Wildman–Crippen LogP) is 4.73. The summed E-state index contributed by atoms with van der Waals surface area (Å²) in [5, 5.41) is 0. The molecule has 0 radical (unpaired) electrons. The van der Waals surface area contributed by atoms with E-state index in [1.807, 2.05) is 0 Å². The molecule has 2 aliphatic rings. The van der Waals surface area contributed by atoms with Crippen LogP contribution in [0.4, 0.5) is 0 Å². The largest absolute Gasteiger partial charge is 0.0998 e. The monoisotopic (exact) mass is 204 g/mol. The van der Waals surface area contributed by atoms with Crippen LogP contribution in [0.5, 0.6) is 0 Å². The van der Waals surface area contributed by atoms with Gasteiger partial charge >= 0.3 is 0 Å². The zero-order valence-corrected chi connectivity index (χ0v) is 10.5. The van der Waals surface area contributed by atoms with Crippen molar-refractivity contribution in [3.05, 3.63) is 23.8 Å². The molecule has 84 valence electrons. The maximum atomic E-state index is 4.22. The van der Waals surface area contributed by atoms with Gasteiger partial charge in [-0.25, -0.2) is 0 Å². The Hall–Kier alpha value is -0.520. The topological polar surface area (TPSA) is 0 Å². The lowest BCUT2D eigenvalue weighted by molar-refractivity contribution is 0.142. The molecule has 0 aliphatic heterocycles. The second kappa shape index (κ2) is 3.81. The molecule has 0 aromatic rings. The van der Waals surface area contributed by atoms with Gasteiger partial charge in [0.25, 0.3) is 0 Å². The van der Waals surface area contributed by atoms with Crippen LogP contribution in [0.1, 0.15) is 52.9 Å². The summed E-state index contributed by atoms with van der Waals surface area (Å²) in [7, 11) is 0. The van der Waals surface area contributed by atoms with E-state index in [0.717, 1.165) is 11.8 Å². The summed E-state index contributed by atoms with van der Waals surface area (Å²) < 4.78 is 0. The lowest BCUT2D eigenvalue weighted by atomic mass is 9.63. The number of allylic oxidation sites excluding steroid dienone is 3. The Morgan fingerprint density at radius 1 is 1.47 bits per heavy atom. The van der Waals surface area contributed by atoms with E-state index in [0.29, 0.717) is 5.41 Å². The standard InChI is InChI=1S/C15H24/c1-11(2)14-6-5-13(4)15(14)9-7-12(3)8-10-15/h7,13-14H,1,5-6,8-10H2,2-4H3/t13-,14+,15+/m1/s1. The molecular formula is C15H24. The fraction of sp³-hybridized carbons (Fsp3) is 0.733. The van der Waals surface area contributed by atoms with E-state index in [1.54, 1.807) is 5.57 Å². The highest BCUT2D eigenvalue weighted by Gasteiger charge is 2.47. The van der Waals surface area contributed by atoms with E-state index in [4.69, 9.17) is 0 Å². The zero-order valence-electron chi connectivity index (χ0n) is 10.5. The van der Waals surface area contributed by atoms with Gasteiger partial charge in [-0.2, -0.15) is 0 Å². The van der Waals surface area contributed by atoms with Gasteiger partial charge in [-0.15, -0.1) is 0 Å². The van der Waals surface area contributed by atoms with E-state index in [9.17, 15) is 0 Å². The van der Waals surface area contributed by atoms with E-state index < -0.39 is 0 Å². The second-order valence-electron chi connectivity index (χ2n) is 5.87. The Morgan fingerprint density at radius 3 is 2.73 bits per heavy atom. The molecule has 1 fully saturated rings. The molecule has 0 unspecified atom stereocenters. The lowest BCUT2D eigenvalue weighted by Crippen LogP contribution is -2.33. The highest BCUT2D eigenvalue weighted by molar-refractivity contribution is 5.17. The van der Waals surface area contributed by atoms with Crippen molar-refractivity contribution in [2.75, 3.05) is 0 Å². The third-order valence-electron chi connectivity index (χ3n) is 4.97. The van der Waals surface area contributed by atoms with Gasteiger partial charge < -0.3 is 0 Å². The van der Waals surface area contributed by atoms with E-state index in [-0.39, 0.29) is 0 Å². The van der Waals surface area contributed by atoms with Crippen molar-refractivity contribution in [1.29, 1.82) is 0 Å². The molecule has 2 rings (SSSR count). The first kappa shape index (κ1) is 11.0. The van der Waals surface area contributed by atoms with Gasteiger partial charge in [0.05, 0.1) is 0 Å². The van der Waals surface area contributed by atoms with Crippen LogP contribution in [0.3, 0.4) is 0 Å². The summed E-state index contributed by atoms with van der Waals surface area (Å²) in [6, 6.07) is 0. The molecule has 0 bridgehead atoms. The highest BCUT2D eigenvalue weighted by Crippen LogP contribution is 2.57. The molecule has 0 saturated heterocycles. The molecule has 0 amide bonds. The van der Waals surface area contributed by atoms with Crippen LogP contribution in [0.2, 0.25) is 0 Å². The summed E-state index contributed by atoms with van der Waals surface area (Å²) in [6.45, 7) is 11.2. The molecule has 0 aromatic carbocycles. The van der Waals surface area contributed by atoms with Crippen LogP contribution in [-0.4, -0.2) is 0 Å². The van der Waals surface area contributed by atoms with Crippen LogP contribution in [-0.2, 0) is 0 Å². The third kappa shape index (κ3) is 1.68. The van der Waals surface area contributed by atoms with Gasteiger partial charge in [0.2, 0.25) is 0 Å². The quantitative estimate of drug-likeness (QED) is 0.542. The smallest absolute Gasteiger partial charge is 0.0146 e. The average Bonchev–Trinajstić information content (AvgIpc) is 2.50. The van der Waals surface area contributed by atoms with Crippen LogP contribution in [0.15, 0.2) is 23.8 Å². The minimum absolute atomic E-state index is 0.575. The first-order valence-electron chi connectivity index (χ1n) is 6.37. The van der Waals surface area contributed by atoms with Crippen molar-refractivity contribution in [2.24, 2.45) is 17.3 Å². The third-order valence-corrected chi connectivity index (χ3v) is 4.97. The Balaban J connectivity index is 2.27. The molecule has 2 aliphatic carbocycles. The summed E-state index contributed by atoms with van der Waals surface area (Å²) >= 11 is 0. The van der Waals surface area contributed by atoms with Crippen molar-refractivity contribution in [3.63, 3.8) is 0 Å². The molecule has 0 heteroatoms. The molecule has 15 heavy (non-hydrogen) atoms. The van der Waals surface area contributed by atoms with E-state index in [1.165, 1.54) is 37.7 Å². The summed E-state index contributed by atoms with van der Waals surface area (Å²) in [4.78, 5) is 0. The predicted molar refractivity (Wildman–Crippen MR) is 66.7 cm³/mol. The molecule has 1 saturated carbocycles. The fourth-order valence-electron chi connectivity index (χ4n) is 3.83. The van der Waals surface area contributed by atoms with Gasteiger partial charge in [-0.1, -0.05) is 30.7 Å². The normalized spacial score (nSPS) is 40.6. The number of hydrogen-bond donors (Lipinski definition) is 0. The molecule has 1 spiro atoms. The van der Waals surface area contributed by atoms with Crippen molar-refractivity contribution in [3.8, 4) is 0 Å². The van der Waals surface area contributed by atoms with Crippen LogP contribution >= 0.6 is 0 Å². The van der Waals surface area contributed by atoms with Crippen molar-refractivity contribution < 1.29 is 0 Å². The number of rotatable bonds is 1. The molecule has 0 nitrogen and oxygen atoms in total. The van der Waals surface area contributed by atoms with Crippen LogP contribution in [0, 0.1) is 17.3 Å². The number of hydrogen-bond acceptors (Lipinski definition) is 0. The average molecular weight is 204 g/mol. The van der Waals surface area contributed by atoms with Gasteiger partial charge in [0.15, 0.2) is 0 Å². The molecule has 0 aromatic heterocycles. The minimum Gasteiger partial charge on any atom is -0.0998 e. The van der Waals surface area contributed by atoms with Crippen molar-refractivity contribution >= 4 is 0 Å². The summed E-state index contributed by atoms with van der Waals surface area (Å²) in [6.07, 6.45) is 9.29. The van der Waals surface area contributed by atoms with Gasteiger partial charge in [0.1, 0.15) is 0 Å².